The molecule has 0 bridgehead atoms. The van der Waals surface area contributed by atoms with Crippen molar-refractivity contribution in [2.24, 2.45) is 0 Å². The quantitative estimate of drug-likeness (QED) is 0.843. The first-order valence-corrected chi connectivity index (χ1v) is 8.08. The van der Waals surface area contributed by atoms with Crippen molar-refractivity contribution in [1.29, 1.82) is 0 Å². The van der Waals surface area contributed by atoms with E-state index in [4.69, 9.17) is 16.3 Å². The molecule has 4 nitrogen and oxygen atoms in total. The van der Waals surface area contributed by atoms with Gasteiger partial charge in [0.25, 0.3) is 0 Å². The maximum atomic E-state index is 11.9. The summed E-state index contributed by atoms with van der Waals surface area (Å²) in [4.78, 5) is 15.1. The van der Waals surface area contributed by atoms with E-state index >= 15 is 0 Å². The van der Waals surface area contributed by atoms with E-state index in [1.54, 1.807) is 7.11 Å². The highest BCUT2D eigenvalue weighted by Crippen LogP contribution is 2.22. The summed E-state index contributed by atoms with van der Waals surface area (Å²) >= 11 is 7.44. The molecule has 6 heteroatoms. The minimum Gasteiger partial charge on any atom is -0.497 e. The van der Waals surface area contributed by atoms with Gasteiger partial charge in [-0.15, -0.1) is 11.3 Å². The van der Waals surface area contributed by atoms with Crippen molar-refractivity contribution in [2.45, 2.75) is 13.1 Å². The Morgan fingerprint density at radius 3 is 2.59 bits per heavy atom. The Morgan fingerprint density at radius 1 is 1.27 bits per heavy atom. The highest BCUT2D eigenvalue weighted by Gasteiger charge is 2.08. The van der Waals surface area contributed by atoms with Crippen LogP contribution >= 0.6 is 22.9 Å². The van der Waals surface area contributed by atoms with Gasteiger partial charge in [-0.2, -0.15) is 0 Å². The van der Waals surface area contributed by atoms with E-state index in [2.05, 4.69) is 5.32 Å². The molecular formula is C16H19ClN2O2S. The molecule has 1 heterocycles. The number of halogens is 1. The van der Waals surface area contributed by atoms with Gasteiger partial charge in [0, 0.05) is 18.0 Å². The Morgan fingerprint density at radius 2 is 2.00 bits per heavy atom. The zero-order chi connectivity index (χ0) is 15.9. The standard InChI is InChI=1S/C16H19ClN2O2S/c1-19(10-14-7-8-15(17)22-14)11-16(20)18-9-12-3-5-13(21-2)6-4-12/h3-8H,9-11H2,1-2H3,(H,18,20). The Kier molecular flexibility index (Phi) is 6.24. The summed E-state index contributed by atoms with van der Waals surface area (Å²) < 4.78 is 5.87. The van der Waals surface area contributed by atoms with Crippen LogP contribution in [0.3, 0.4) is 0 Å². The van der Waals surface area contributed by atoms with Crippen LogP contribution in [0.25, 0.3) is 0 Å². The fourth-order valence-corrected chi connectivity index (χ4v) is 3.17. The fourth-order valence-electron chi connectivity index (χ4n) is 2.00. The topological polar surface area (TPSA) is 41.6 Å². The van der Waals surface area contributed by atoms with Crippen LogP contribution in [-0.2, 0) is 17.9 Å². The van der Waals surface area contributed by atoms with Crippen LogP contribution in [0, 0.1) is 0 Å². The van der Waals surface area contributed by atoms with Gasteiger partial charge in [0.2, 0.25) is 5.91 Å². The number of carbonyl (C=O) groups is 1. The lowest BCUT2D eigenvalue weighted by atomic mass is 10.2. The molecule has 0 unspecified atom stereocenters. The SMILES string of the molecule is COc1ccc(CNC(=O)CN(C)Cc2ccc(Cl)s2)cc1. The number of benzene rings is 1. The van der Waals surface area contributed by atoms with Gasteiger partial charge in [-0.25, -0.2) is 0 Å². The summed E-state index contributed by atoms with van der Waals surface area (Å²) in [5.41, 5.74) is 1.04. The van der Waals surface area contributed by atoms with Gasteiger partial charge in [0.15, 0.2) is 0 Å². The number of nitrogens with one attached hydrogen (secondary N) is 1. The van der Waals surface area contributed by atoms with E-state index in [-0.39, 0.29) is 5.91 Å². The number of ether oxygens (including phenoxy) is 1. The fraction of sp³-hybridized carbons (Fsp3) is 0.312. The van der Waals surface area contributed by atoms with Gasteiger partial charge < -0.3 is 10.1 Å². The van der Waals surface area contributed by atoms with E-state index < -0.39 is 0 Å². The van der Waals surface area contributed by atoms with E-state index in [9.17, 15) is 4.79 Å². The molecule has 0 fully saturated rings. The first-order valence-electron chi connectivity index (χ1n) is 6.89. The molecule has 0 atom stereocenters. The number of likely N-dealkylation sites (N-methyl/N-ethyl adjacent to an activating group) is 1. The number of thiophene rings is 1. The number of carbonyl (C=O) groups excluding carboxylic acids is 1. The first-order chi connectivity index (χ1) is 10.6. The lowest BCUT2D eigenvalue weighted by Crippen LogP contribution is -2.34. The Hall–Kier alpha value is -1.56. The van der Waals surface area contributed by atoms with Crippen molar-refractivity contribution in [2.75, 3.05) is 20.7 Å². The average Bonchev–Trinajstić information content (AvgIpc) is 2.90. The third-order valence-corrected chi connectivity index (χ3v) is 4.33. The van der Waals surface area contributed by atoms with Gasteiger partial charge in [0.1, 0.15) is 5.75 Å². The van der Waals surface area contributed by atoms with E-state index in [1.807, 2.05) is 48.3 Å². The zero-order valence-electron chi connectivity index (χ0n) is 12.6. The van der Waals surface area contributed by atoms with Crippen LogP contribution in [0.4, 0.5) is 0 Å². The van der Waals surface area contributed by atoms with Crippen molar-refractivity contribution >= 4 is 28.8 Å². The molecule has 1 aromatic carbocycles. The van der Waals surface area contributed by atoms with Gasteiger partial charge >= 0.3 is 0 Å². The van der Waals surface area contributed by atoms with Crippen molar-refractivity contribution < 1.29 is 9.53 Å². The van der Waals surface area contributed by atoms with E-state index in [1.165, 1.54) is 11.3 Å². The van der Waals surface area contributed by atoms with E-state index in [0.29, 0.717) is 19.6 Å². The zero-order valence-corrected chi connectivity index (χ0v) is 14.2. The van der Waals surface area contributed by atoms with Crippen molar-refractivity contribution in [1.82, 2.24) is 10.2 Å². The predicted molar refractivity (Wildman–Crippen MR) is 90.5 cm³/mol. The second-order valence-electron chi connectivity index (χ2n) is 5.00. The molecule has 0 saturated heterocycles. The van der Waals surface area contributed by atoms with E-state index in [0.717, 1.165) is 20.5 Å². The van der Waals surface area contributed by atoms with Crippen molar-refractivity contribution in [3.63, 3.8) is 0 Å². The number of hydrogen-bond acceptors (Lipinski definition) is 4. The molecule has 0 saturated carbocycles. The molecular weight excluding hydrogens is 320 g/mol. The summed E-state index contributed by atoms with van der Waals surface area (Å²) in [5, 5.41) is 2.91. The summed E-state index contributed by atoms with van der Waals surface area (Å²) in [6, 6.07) is 11.5. The van der Waals surface area contributed by atoms with Crippen LogP contribution in [0.1, 0.15) is 10.4 Å². The Labute approximate surface area is 139 Å². The molecule has 0 aliphatic rings. The molecule has 0 aliphatic carbocycles. The molecule has 0 radical (unpaired) electrons. The Bertz CT molecular complexity index is 613. The molecule has 2 rings (SSSR count). The molecule has 0 spiro atoms. The summed E-state index contributed by atoms with van der Waals surface area (Å²) in [5.74, 6) is 0.811. The minimum atomic E-state index is 0.000899. The lowest BCUT2D eigenvalue weighted by Gasteiger charge is -2.15. The highest BCUT2D eigenvalue weighted by molar-refractivity contribution is 7.16. The molecule has 1 aromatic heterocycles. The maximum absolute atomic E-state index is 11.9. The van der Waals surface area contributed by atoms with Gasteiger partial charge in [-0.05, 0) is 36.9 Å². The molecule has 1 N–H and O–H groups in total. The van der Waals surface area contributed by atoms with Crippen LogP contribution in [0.15, 0.2) is 36.4 Å². The van der Waals surface area contributed by atoms with Crippen molar-refractivity contribution in [3.05, 3.63) is 51.2 Å². The number of nitrogens with zero attached hydrogens (tertiary/aromatic N) is 1. The molecule has 22 heavy (non-hydrogen) atoms. The third kappa shape index (κ3) is 5.33. The van der Waals surface area contributed by atoms with Crippen LogP contribution in [0.2, 0.25) is 4.34 Å². The second kappa shape index (κ2) is 8.17. The van der Waals surface area contributed by atoms with Gasteiger partial charge in [-0.1, -0.05) is 23.7 Å². The lowest BCUT2D eigenvalue weighted by molar-refractivity contribution is -0.122. The maximum Gasteiger partial charge on any atom is 0.234 e. The second-order valence-corrected chi connectivity index (χ2v) is 6.80. The first kappa shape index (κ1) is 16.8. The summed E-state index contributed by atoms with van der Waals surface area (Å²) in [6.07, 6.45) is 0. The normalized spacial score (nSPS) is 10.7. The molecule has 118 valence electrons. The average molecular weight is 339 g/mol. The van der Waals surface area contributed by atoms with Crippen LogP contribution in [-0.4, -0.2) is 31.5 Å². The van der Waals surface area contributed by atoms with Gasteiger partial charge in [0.05, 0.1) is 18.0 Å². The monoisotopic (exact) mass is 338 g/mol. The highest BCUT2D eigenvalue weighted by atomic mass is 35.5. The smallest absolute Gasteiger partial charge is 0.234 e. The summed E-state index contributed by atoms with van der Waals surface area (Å²) in [7, 11) is 3.55. The Balaban J connectivity index is 1.74. The predicted octanol–water partition coefficient (Wildman–Crippen LogP) is 3.16. The third-order valence-electron chi connectivity index (χ3n) is 3.12. The molecule has 2 aromatic rings. The summed E-state index contributed by atoms with van der Waals surface area (Å²) in [6.45, 7) is 1.58. The minimum absolute atomic E-state index is 0.000899. The van der Waals surface area contributed by atoms with Crippen LogP contribution < -0.4 is 10.1 Å². The number of methoxy groups -OCH3 is 1. The number of rotatable bonds is 7. The number of hydrogen-bond donors (Lipinski definition) is 1. The van der Waals surface area contributed by atoms with Crippen LogP contribution in [0.5, 0.6) is 5.75 Å². The largest absolute Gasteiger partial charge is 0.497 e. The molecule has 0 aliphatic heterocycles. The van der Waals surface area contributed by atoms with Crippen molar-refractivity contribution in [3.8, 4) is 5.75 Å². The van der Waals surface area contributed by atoms with Gasteiger partial charge in [-0.3, -0.25) is 9.69 Å². The number of amides is 1. The molecule has 1 amide bonds.